The third-order valence-corrected chi connectivity index (χ3v) is 5.42. The van der Waals surface area contributed by atoms with E-state index in [0.29, 0.717) is 23.5 Å². The van der Waals surface area contributed by atoms with Crippen LogP contribution in [0.15, 0.2) is 72.8 Å². The summed E-state index contributed by atoms with van der Waals surface area (Å²) < 4.78 is 5.23. The molecule has 1 atom stereocenters. The normalized spacial score (nSPS) is 13.7. The molecular weight excluding hydrogens is 376 g/mol. The van der Waals surface area contributed by atoms with Crippen LogP contribution in [0.25, 0.3) is 0 Å². The molecular formula is C25H24N2O3. The molecule has 3 aromatic rings. The number of hydrogen-bond donors (Lipinski definition) is 1. The number of rotatable bonds is 6. The fourth-order valence-corrected chi connectivity index (χ4v) is 3.81. The minimum Gasteiger partial charge on any atom is -0.497 e. The summed E-state index contributed by atoms with van der Waals surface area (Å²) in [6.45, 7) is 2.52. The number of amides is 2. The first-order chi connectivity index (χ1) is 14.5. The van der Waals surface area contributed by atoms with Crippen molar-refractivity contribution in [1.29, 1.82) is 0 Å². The largest absolute Gasteiger partial charge is 0.497 e. The molecule has 0 bridgehead atoms. The van der Waals surface area contributed by atoms with E-state index < -0.39 is 0 Å². The monoisotopic (exact) mass is 400 g/mol. The zero-order valence-corrected chi connectivity index (χ0v) is 17.1. The first kappa shape index (κ1) is 19.7. The van der Waals surface area contributed by atoms with Crippen LogP contribution in [0.5, 0.6) is 5.75 Å². The van der Waals surface area contributed by atoms with E-state index in [4.69, 9.17) is 4.74 Å². The van der Waals surface area contributed by atoms with Crippen molar-refractivity contribution in [2.75, 3.05) is 12.4 Å². The lowest BCUT2D eigenvalue weighted by atomic mass is 10.00. The minimum absolute atomic E-state index is 0.0367. The minimum atomic E-state index is -0.351. The lowest BCUT2D eigenvalue weighted by Gasteiger charge is -2.28. The number of ether oxygens (including phenoxy) is 1. The Balaban J connectivity index is 1.59. The van der Waals surface area contributed by atoms with Crippen molar-refractivity contribution in [3.8, 4) is 5.75 Å². The molecule has 1 aliphatic rings. The number of anilines is 1. The molecule has 0 radical (unpaired) electrons. The van der Waals surface area contributed by atoms with Crippen LogP contribution in [0.3, 0.4) is 0 Å². The Morgan fingerprint density at radius 2 is 1.83 bits per heavy atom. The van der Waals surface area contributed by atoms with Gasteiger partial charge in [0, 0.05) is 23.9 Å². The Morgan fingerprint density at radius 3 is 2.57 bits per heavy atom. The summed E-state index contributed by atoms with van der Waals surface area (Å²) in [5.74, 6) is 0.482. The summed E-state index contributed by atoms with van der Waals surface area (Å²) in [4.78, 5) is 27.8. The van der Waals surface area contributed by atoms with Gasteiger partial charge >= 0.3 is 0 Å². The standard InChI is InChI=1S/C25H24N2O3/c1-17-10-12-18(13-11-17)23(27-16-19-6-3-4-9-22(19)25(27)29)15-24(28)26-20-7-5-8-21(14-20)30-2/h3-14,23H,15-16H2,1-2H3,(H,26,28)/t23-/m0/s1. The molecule has 0 spiro atoms. The first-order valence-corrected chi connectivity index (χ1v) is 9.94. The second-order valence-electron chi connectivity index (χ2n) is 7.50. The summed E-state index contributed by atoms with van der Waals surface area (Å²) in [5, 5.41) is 2.93. The van der Waals surface area contributed by atoms with Crippen LogP contribution >= 0.6 is 0 Å². The lowest BCUT2D eigenvalue weighted by Crippen LogP contribution is -2.32. The highest BCUT2D eigenvalue weighted by Crippen LogP contribution is 2.34. The van der Waals surface area contributed by atoms with Gasteiger partial charge in [-0.15, -0.1) is 0 Å². The van der Waals surface area contributed by atoms with Gasteiger partial charge in [0.15, 0.2) is 0 Å². The second-order valence-corrected chi connectivity index (χ2v) is 7.50. The van der Waals surface area contributed by atoms with Crippen LogP contribution in [-0.2, 0) is 11.3 Å². The first-order valence-electron chi connectivity index (χ1n) is 9.94. The Labute approximate surface area is 176 Å². The zero-order valence-electron chi connectivity index (χ0n) is 17.1. The number of hydrogen-bond acceptors (Lipinski definition) is 3. The van der Waals surface area contributed by atoms with E-state index in [1.165, 1.54) is 0 Å². The fraction of sp³-hybridized carbons (Fsp3) is 0.200. The molecule has 1 aliphatic heterocycles. The molecule has 3 aromatic carbocycles. The maximum absolute atomic E-state index is 13.1. The average Bonchev–Trinajstić information content (AvgIpc) is 3.09. The number of fused-ring (bicyclic) bond motifs is 1. The number of methoxy groups -OCH3 is 1. The number of carbonyl (C=O) groups excluding carboxylic acids is 2. The molecule has 4 rings (SSSR count). The van der Waals surface area contributed by atoms with Crippen molar-refractivity contribution in [1.82, 2.24) is 4.90 Å². The van der Waals surface area contributed by atoms with Gasteiger partial charge in [-0.05, 0) is 36.2 Å². The predicted molar refractivity (Wildman–Crippen MR) is 116 cm³/mol. The summed E-state index contributed by atoms with van der Waals surface area (Å²) >= 11 is 0. The number of benzene rings is 3. The number of nitrogens with one attached hydrogen (secondary N) is 1. The van der Waals surface area contributed by atoms with E-state index >= 15 is 0 Å². The average molecular weight is 400 g/mol. The van der Waals surface area contributed by atoms with Crippen molar-refractivity contribution in [2.45, 2.75) is 25.9 Å². The van der Waals surface area contributed by atoms with E-state index in [9.17, 15) is 9.59 Å². The maximum atomic E-state index is 13.1. The van der Waals surface area contributed by atoms with Gasteiger partial charge in [-0.25, -0.2) is 0 Å². The van der Waals surface area contributed by atoms with Crippen LogP contribution in [0.1, 0.15) is 39.5 Å². The van der Waals surface area contributed by atoms with E-state index in [1.54, 1.807) is 18.1 Å². The van der Waals surface area contributed by atoms with E-state index in [0.717, 1.165) is 16.7 Å². The summed E-state index contributed by atoms with van der Waals surface area (Å²) in [6.07, 6.45) is 0.167. The fourth-order valence-electron chi connectivity index (χ4n) is 3.81. The summed E-state index contributed by atoms with van der Waals surface area (Å²) in [7, 11) is 1.59. The van der Waals surface area contributed by atoms with Gasteiger partial charge in [-0.3, -0.25) is 9.59 Å². The van der Waals surface area contributed by atoms with Gasteiger partial charge in [0.25, 0.3) is 5.91 Å². The molecule has 0 fully saturated rings. The van der Waals surface area contributed by atoms with Gasteiger partial charge in [0.05, 0.1) is 19.6 Å². The second kappa shape index (κ2) is 8.41. The van der Waals surface area contributed by atoms with E-state index in [-0.39, 0.29) is 24.3 Å². The van der Waals surface area contributed by atoms with E-state index in [1.807, 2.05) is 73.7 Å². The topological polar surface area (TPSA) is 58.6 Å². The molecule has 152 valence electrons. The molecule has 0 saturated carbocycles. The highest BCUT2D eigenvalue weighted by molar-refractivity contribution is 5.99. The van der Waals surface area contributed by atoms with Crippen LogP contribution in [-0.4, -0.2) is 23.8 Å². The van der Waals surface area contributed by atoms with Crippen molar-refractivity contribution in [2.24, 2.45) is 0 Å². The van der Waals surface area contributed by atoms with Crippen molar-refractivity contribution >= 4 is 17.5 Å². The van der Waals surface area contributed by atoms with Gasteiger partial charge in [0.1, 0.15) is 5.75 Å². The quantitative estimate of drug-likeness (QED) is 0.651. The molecule has 1 N–H and O–H groups in total. The van der Waals surface area contributed by atoms with Gasteiger partial charge < -0.3 is 15.0 Å². The Morgan fingerprint density at radius 1 is 1.07 bits per heavy atom. The molecule has 0 aromatic heterocycles. The van der Waals surface area contributed by atoms with E-state index in [2.05, 4.69) is 5.32 Å². The molecule has 2 amide bonds. The van der Waals surface area contributed by atoms with Crippen LogP contribution in [0.4, 0.5) is 5.69 Å². The van der Waals surface area contributed by atoms with Gasteiger partial charge in [-0.1, -0.05) is 54.1 Å². The zero-order chi connectivity index (χ0) is 21.1. The molecule has 5 heteroatoms. The van der Waals surface area contributed by atoms with Gasteiger partial charge in [0.2, 0.25) is 5.91 Å². The van der Waals surface area contributed by atoms with Crippen molar-refractivity contribution in [3.05, 3.63) is 95.1 Å². The third-order valence-electron chi connectivity index (χ3n) is 5.42. The molecule has 0 aliphatic carbocycles. The molecule has 0 saturated heterocycles. The SMILES string of the molecule is COc1cccc(NC(=O)C[C@@H](c2ccc(C)cc2)N2Cc3ccccc3C2=O)c1. The third kappa shape index (κ3) is 4.06. The summed E-state index contributed by atoms with van der Waals surface area (Å²) in [5.41, 5.74) is 4.45. The smallest absolute Gasteiger partial charge is 0.255 e. The Kier molecular flexibility index (Phi) is 5.53. The highest BCUT2D eigenvalue weighted by atomic mass is 16.5. The highest BCUT2D eigenvalue weighted by Gasteiger charge is 2.34. The van der Waals surface area contributed by atoms with Crippen LogP contribution in [0.2, 0.25) is 0 Å². The van der Waals surface area contributed by atoms with Crippen LogP contribution in [0, 0.1) is 6.92 Å². The predicted octanol–water partition coefficient (Wildman–Crippen LogP) is 4.73. The number of aryl methyl sites for hydroxylation is 1. The number of nitrogens with zero attached hydrogens (tertiary/aromatic N) is 1. The molecule has 0 unspecified atom stereocenters. The number of carbonyl (C=O) groups is 2. The molecule has 1 heterocycles. The van der Waals surface area contributed by atoms with Gasteiger partial charge in [-0.2, -0.15) is 0 Å². The molecule has 30 heavy (non-hydrogen) atoms. The maximum Gasteiger partial charge on any atom is 0.255 e. The lowest BCUT2D eigenvalue weighted by molar-refractivity contribution is -0.117. The van der Waals surface area contributed by atoms with Crippen molar-refractivity contribution < 1.29 is 14.3 Å². The Hall–Kier alpha value is -3.60. The Bertz CT molecular complexity index is 1080. The van der Waals surface area contributed by atoms with Crippen molar-refractivity contribution in [3.63, 3.8) is 0 Å². The molecule has 5 nitrogen and oxygen atoms in total. The van der Waals surface area contributed by atoms with Crippen LogP contribution < -0.4 is 10.1 Å². The summed E-state index contributed by atoms with van der Waals surface area (Å²) in [6, 6.07) is 22.5.